The zero-order valence-electron chi connectivity index (χ0n) is 16.1. The van der Waals surface area contributed by atoms with Crippen LogP contribution in [0.1, 0.15) is 36.2 Å². The predicted molar refractivity (Wildman–Crippen MR) is 110 cm³/mol. The summed E-state index contributed by atoms with van der Waals surface area (Å²) in [4.78, 5) is 23.2. The molecule has 0 aromatic heterocycles. The largest absolute Gasteiger partial charge is 0.481 e. The van der Waals surface area contributed by atoms with Gasteiger partial charge in [0.1, 0.15) is 0 Å². The molecule has 0 saturated heterocycles. The number of allylic oxidation sites excluding steroid dienone is 2. The van der Waals surface area contributed by atoms with Crippen LogP contribution >= 0.6 is 0 Å². The average Bonchev–Trinajstić information content (AvgIpc) is 2.67. The van der Waals surface area contributed by atoms with Gasteiger partial charge in [0.15, 0.2) is 0 Å². The number of carbonyl (C=O) groups is 2. The summed E-state index contributed by atoms with van der Waals surface area (Å²) in [6, 6.07) is 16.3. The van der Waals surface area contributed by atoms with Crippen molar-refractivity contribution in [3.8, 4) is 0 Å². The number of rotatable bonds is 8. The lowest BCUT2D eigenvalue weighted by atomic mass is 10.0. The number of anilines is 1. The average molecular weight is 379 g/mol. The highest BCUT2D eigenvalue weighted by molar-refractivity contribution is 6.04. The molecule has 0 bridgehead atoms. The van der Waals surface area contributed by atoms with Crippen LogP contribution in [-0.4, -0.2) is 22.0 Å². The minimum atomic E-state index is -0.927. The summed E-state index contributed by atoms with van der Waals surface area (Å²) in [6.07, 6.45) is -0.126. The quantitative estimate of drug-likeness (QED) is 0.367. The number of nitrogens with one attached hydrogen (secondary N) is 1. The first-order valence-electron chi connectivity index (χ1n) is 8.83. The first kappa shape index (κ1) is 20.9. The SMILES string of the molecule is C=C(C)/C(CC(=O)O)=C(/C)N(N)Cc1ccc(NC(=O)c2ccccc2)cc1. The zero-order valence-corrected chi connectivity index (χ0v) is 16.1. The molecule has 6 heteroatoms. The number of benzene rings is 2. The third-order valence-corrected chi connectivity index (χ3v) is 4.31. The molecule has 28 heavy (non-hydrogen) atoms. The molecular weight excluding hydrogens is 354 g/mol. The van der Waals surface area contributed by atoms with E-state index in [1.807, 2.05) is 30.3 Å². The van der Waals surface area contributed by atoms with Gasteiger partial charge in [-0.3, -0.25) is 9.59 Å². The Morgan fingerprint density at radius 2 is 1.68 bits per heavy atom. The monoisotopic (exact) mass is 379 g/mol. The topological polar surface area (TPSA) is 95.7 Å². The van der Waals surface area contributed by atoms with Crippen LogP contribution in [0.4, 0.5) is 5.69 Å². The number of amides is 1. The van der Waals surface area contributed by atoms with Gasteiger partial charge in [-0.25, -0.2) is 5.84 Å². The van der Waals surface area contributed by atoms with E-state index in [0.717, 1.165) is 5.56 Å². The molecule has 4 N–H and O–H groups in total. The molecule has 0 atom stereocenters. The van der Waals surface area contributed by atoms with Gasteiger partial charge in [-0.1, -0.05) is 42.5 Å². The summed E-state index contributed by atoms with van der Waals surface area (Å²) in [5.74, 6) is 5.03. The molecule has 0 aliphatic rings. The second-order valence-corrected chi connectivity index (χ2v) is 6.56. The summed E-state index contributed by atoms with van der Waals surface area (Å²) in [7, 11) is 0. The van der Waals surface area contributed by atoms with E-state index in [4.69, 9.17) is 10.9 Å². The molecular formula is C22H25N3O3. The van der Waals surface area contributed by atoms with Crippen LogP contribution in [0, 0.1) is 0 Å². The summed E-state index contributed by atoms with van der Waals surface area (Å²) >= 11 is 0. The van der Waals surface area contributed by atoms with Crippen molar-refractivity contribution in [2.75, 3.05) is 5.32 Å². The number of nitrogens with two attached hydrogens (primary N) is 1. The lowest BCUT2D eigenvalue weighted by Crippen LogP contribution is -2.30. The summed E-state index contributed by atoms with van der Waals surface area (Å²) in [5.41, 5.74) is 4.15. The van der Waals surface area contributed by atoms with Gasteiger partial charge in [0, 0.05) is 16.9 Å². The van der Waals surface area contributed by atoms with Crippen molar-refractivity contribution in [3.05, 3.63) is 89.1 Å². The fourth-order valence-corrected chi connectivity index (χ4v) is 2.71. The lowest BCUT2D eigenvalue weighted by molar-refractivity contribution is -0.136. The third-order valence-electron chi connectivity index (χ3n) is 4.31. The molecule has 0 unspecified atom stereocenters. The van der Waals surface area contributed by atoms with Crippen LogP contribution in [0.2, 0.25) is 0 Å². The molecule has 0 radical (unpaired) electrons. The fraction of sp³-hybridized carbons (Fsp3) is 0.182. The first-order chi connectivity index (χ1) is 13.3. The summed E-state index contributed by atoms with van der Waals surface area (Å²) in [6.45, 7) is 7.78. The molecule has 1 amide bonds. The second kappa shape index (κ2) is 9.53. The Kier molecular flexibility index (Phi) is 7.12. The third kappa shape index (κ3) is 5.82. The molecule has 0 aliphatic carbocycles. The van der Waals surface area contributed by atoms with Crippen LogP contribution in [0.5, 0.6) is 0 Å². The molecule has 0 fully saturated rings. The number of carbonyl (C=O) groups excluding carboxylic acids is 1. The number of hydrazine groups is 1. The van der Waals surface area contributed by atoms with E-state index in [-0.39, 0.29) is 12.3 Å². The maximum absolute atomic E-state index is 12.2. The molecule has 2 aromatic rings. The Bertz CT molecular complexity index is 887. The Balaban J connectivity index is 2.06. The molecule has 0 saturated carbocycles. The van der Waals surface area contributed by atoms with E-state index in [2.05, 4.69) is 11.9 Å². The Labute approximate surface area is 164 Å². The Hall–Kier alpha value is -3.38. The van der Waals surface area contributed by atoms with Gasteiger partial charge in [-0.05, 0) is 49.2 Å². The van der Waals surface area contributed by atoms with Gasteiger partial charge in [-0.15, -0.1) is 0 Å². The number of carboxylic acids is 1. The highest BCUT2D eigenvalue weighted by atomic mass is 16.4. The molecule has 0 spiro atoms. The molecule has 2 rings (SSSR count). The van der Waals surface area contributed by atoms with Crippen LogP contribution in [0.25, 0.3) is 0 Å². The van der Waals surface area contributed by atoms with E-state index in [0.29, 0.717) is 34.6 Å². The van der Waals surface area contributed by atoms with Crippen LogP contribution in [-0.2, 0) is 11.3 Å². The highest BCUT2D eigenvalue weighted by Gasteiger charge is 2.13. The fourth-order valence-electron chi connectivity index (χ4n) is 2.71. The summed E-state index contributed by atoms with van der Waals surface area (Å²) in [5, 5.41) is 13.4. The normalized spacial score (nSPS) is 11.4. The number of carboxylic acid groups (broad SMARTS) is 1. The van der Waals surface area contributed by atoms with Gasteiger partial charge in [0.25, 0.3) is 5.91 Å². The van der Waals surface area contributed by atoms with E-state index in [1.54, 1.807) is 38.1 Å². The first-order valence-corrected chi connectivity index (χ1v) is 8.83. The van der Waals surface area contributed by atoms with Crippen LogP contribution < -0.4 is 11.2 Å². The number of aliphatic carboxylic acids is 1. The number of hydrogen-bond donors (Lipinski definition) is 3. The lowest BCUT2D eigenvalue weighted by Gasteiger charge is -2.23. The van der Waals surface area contributed by atoms with Gasteiger partial charge in [-0.2, -0.15) is 0 Å². The van der Waals surface area contributed by atoms with E-state index in [9.17, 15) is 9.59 Å². The number of nitrogens with zero attached hydrogens (tertiary/aromatic N) is 1. The standard InChI is InChI=1S/C22H25N3O3/c1-15(2)20(13-21(26)27)16(3)25(23)14-17-9-11-19(12-10-17)24-22(28)18-7-5-4-6-8-18/h4-12H,1,13-14,23H2,2-3H3,(H,24,28)(H,26,27)/b20-16-. The van der Waals surface area contributed by atoms with Crippen molar-refractivity contribution >= 4 is 17.6 Å². The van der Waals surface area contributed by atoms with Gasteiger partial charge in [0.2, 0.25) is 0 Å². The zero-order chi connectivity index (χ0) is 20.7. The van der Waals surface area contributed by atoms with Crippen LogP contribution in [0.3, 0.4) is 0 Å². The van der Waals surface area contributed by atoms with Gasteiger partial charge < -0.3 is 15.4 Å². The minimum Gasteiger partial charge on any atom is -0.481 e. The second-order valence-electron chi connectivity index (χ2n) is 6.56. The molecule has 146 valence electrons. The van der Waals surface area contributed by atoms with Gasteiger partial charge in [0.05, 0.1) is 13.0 Å². The highest BCUT2D eigenvalue weighted by Crippen LogP contribution is 2.20. The maximum Gasteiger partial charge on any atom is 0.307 e. The Morgan fingerprint density at radius 1 is 1.07 bits per heavy atom. The minimum absolute atomic E-state index is 0.126. The Morgan fingerprint density at radius 3 is 2.21 bits per heavy atom. The maximum atomic E-state index is 12.2. The smallest absolute Gasteiger partial charge is 0.307 e. The van der Waals surface area contributed by atoms with Crippen molar-refractivity contribution in [3.63, 3.8) is 0 Å². The van der Waals surface area contributed by atoms with Crippen LogP contribution in [0.15, 0.2) is 78.0 Å². The van der Waals surface area contributed by atoms with Crippen molar-refractivity contribution in [2.45, 2.75) is 26.8 Å². The van der Waals surface area contributed by atoms with E-state index in [1.165, 1.54) is 5.01 Å². The molecule has 0 aliphatic heterocycles. The van der Waals surface area contributed by atoms with E-state index < -0.39 is 5.97 Å². The van der Waals surface area contributed by atoms with E-state index >= 15 is 0 Å². The van der Waals surface area contributed by atoms with Gasteiger partial charge >= 0.3 is 5.97 Å². The molecule has 6 nitrogen and oxygen atoms in total. The van der Waals surface area contributed by atoms with Crippen molar-refractivity contribution in [1.82, 2.24) is 5.01 Å². The van der Waals surface area contributed by atoms with Crippen molar-refractivity contribution in [1.29, 1.82) is 0 Å². The predicted octanol–water partition coefficient (Wildman–Crippen LogP) is 3.94. The molecule has 0 heterocycles. The number of hydrogen-bond acceptors (Lipinski definition) is 4. The molecule has 2 aromatic carbocycles. The van der Waals surface area contributed by atoms with Crippen molar-refractivity contribution < 1.29 is 14.7 Å². The summed E-state index contributed by atoms with van der Waals surface area (Å²) < 4.78 is 0. The van der Waals surface area contributed by atoms with Crippen molar-refractivity contribution in [2.24, 2.45) is 5.84 Å².